The van der Waals surface area contributed by atoms with Crippen molar-refractivity contribution in [2.75, 3.05) is 19.8 Å². The van der Waals surface area contributed by atoms with E-state index in [9.17, 15) is 26.3 Å². The molecular weight excluding hydrogens is 490 g/mol. The van der Waals surface area contributed by atoms with E-state index in [1.807, 2.05) is 19.1 Å². The quantitative estimate of drug-likeness (QED) is 0.452. The van der Waals surface area contributed by atoms with Crippen molar-refractivity contribution < 1.29 is 55.6 Å². The van der Waals surface area contributed by atoms with Gasteiger partial charge in [0, 0.05) is 31.4 Å². The second-order valence-corrected chi connectivity index (χ2v) is 7.51. The monoisotopic (exact) mass is 516 g/mol. The fourth-order valence-electron chi connectivity index (χ4n) is 3.42. The Morgan fingerprint density at radius 3 is 2.26 bits per heavy atom. The molecule has 35 heavy (non-hydrogen) atoms. The van der Waals surface area contributed by atoms with Crippen LogP contribution in [0.2, 0.25) is 0 Å². The summed E-state index contributed by atoms with van der Waals surface area (Å²) >= 11 is 0. The van der Waals surface area contributed by atoms with E-state index in [1.165, 1.54) is 6.42 Å². The number of aromatic nitrogens is 1. The highest BCUT2D eigenvalue weighted by molar-refractivity contribution is 5.73. The first-order valence-electron chi connectivity index (χ1n) is 10.3. The van der Waals surface area contributed by atoms with Gasteiger partial charge in [0.1, 0.15) is 6.10 Å². The lowest BCUT2D eigenvalue weighted by molar-refractivity contribution is -0.193. The molecule has 1 aromatic heterocycles. The maximum absolute atomic E-state index is 10.6. The van der Waals surface area contributed by atoms with E-state index in [0.29, 0.717) is 12.6 Å². The van der Waals surface area contributed by atoms with Crippen LogP contribution in [0, 0.1) is 6.92 Å². The second kappa shape index (κ2) is 13.4. The zero-order valence-corrected chi connectivity index (χ0v) is 18.7. The zero-order valence-electron chi connectivity index (χ0n) is 18.7. The Bertz CT molecular complexity index is 824. The number of carboxylic acid groups (broad SMARTS) is 2. The van der Waals surface area contributed by atoms with Crippen molar-refractivity contribution in [1.29, 1.82) is 0 Å². The van der Waals surface area contributed by atoms with Crippen LogP contribution in [0.4, 0.5) is 26.3 Å². The second-order valence-electron chi connectivity index (χ2n) is 7.51. The number of aliphatic carboxylic acids is 2. The summed E-state index contributed by atoms with van der Waals surface area (Å²) in [4.78, 5) is 24.9. The zero-order chi connectivity index (χ0) is 26.8. The number of rotatable bonds is 5. The van der Waals surface area contributed by atoms with Crippen LogP contribution in [-0.2, 0) is 25.6 Å². The Balaban J connectivity index is 0.000000362. The molecule has 2 aliphatic rings. The predicted molar refractivity (Wildman–Crippen MR) is 109 cm³/mol. The molecule has 0 unspecified atom stereocenters. The molecule has 0 amide bonds. The highest BCUT2D eigenvalue weighted by atomic mass is 19.4. The maximum Gasteiger partial charge on any atom is 0.490 e. The van der Waals surface area contributed by atoms with Gasteiger partial charge in [-0.05, 0) is 31.9 Å². The van der Waals surface area contributed by atoms with Crippen LogP contribution in [0.5, 0.6) is 0 Å². The summed E-state index contributed by atoms with van der Waals surface area (Å²) in [5.74, 6) is -5.51. The van der Waals surface area contributed by atoms with Crippen LogP contribution in [0.15, 0.2) is 30.9 Å². The van der Waals surface area contributed by atoms with Gasteiger partial charge in [0.05, 0.1) is 18.4 Å². The minimum atomic E-state index is -5.08. The topological polar surface area (TPSA) is 109 Å². The van der Waals surface area contributed by atoms with E-state index in [1.54, 1.807) is 0 Å². The standard InChI is InChI=1S/C17H24N2O2.2C2HF3O2/c1-3-9-20-16-12-19(15-8-5-10-21-17(15)16)11-14-7-4-6-13(2)18-14;2*3-2(4,5)1(6)7/h3-4,6-7,15-17H,1,5,8-12H2,2H3;2*(H,6,7)/t15-,16-,17+;;/m1../s1. The summed E-state index contributed by atoms with van der Waals surface area (Å²) in [5.41, 5.74) is 2.20. The number of likely N-dealkylation sites (tertiary alicyclic amines) is 1. The minimum absolute atomic E-state index is 0.151. The summed E-state index contributed by atoms with van der Waals surface area (Å²) < 4.78 is 75.4. The summed E-state index contributed by atoms with van der Waals surface area (Å²) in [6.45, 7) is 9.00. The van der Waals surface area contributed by atoms with Crippen LogP contribution >= 0.6 is 0 Å². The van der Waals surface area contributed by atoms with Gasteiger partial charge in [0.2, 0.25) is 0 Å². The number of hydrogen-bond acceptors (Lipinski definition) is 6. The Labute approximate surface area is 197 Å². The first kappa shape index (κ1) is 30.3. The highest BCUT2D eigenvalue weighted by Gasteiger charge is 2.44. The van der Waals surface area contributed by atoms with Crippen LogP contribution in [0.3, 0.4) is 0 Å². The number of alkyl halides is 6. The molecule has 2 aliphatic heterocycles. The van der Waals surface area contributed by atoms with Crippen molar-refractivity contribution in [3.8, 4) is 0 Å². The smallest absolute Gasteiger partial charge is 0.475 e. The van der Waals surface area contributed by atoms with Crippen molar-refractivity contribution in [2.24, 2.45) is 0 Å². The largest absolute Gasteiger partial charge is 0.490 e. The van der Waals surface area contributed by atoms with Gasteiger partial charge in [0.15, 0.2) is 0 Å². The van der Waals surface area contributed by atoms with Crippen molar-refractivity contribution >= 4 is 11.9 Å². The molecule has 8 nitrogen and oxygen atoms in total. The predicted octanol–water partition coefficient (Wildman–Crippen LogP) is 3.59. The van der Waals surface area contributed by atoms with E-state index in [0.717, 1.165) is 37.5 Å². The molecule has 0 bridgehead atoms. The molecule has 3 rings (SSSR count). The molecule has 2 N–H and O–H groups in total. The third-order valence-electron chi connectivity index (χ3n) is 4.81. The summed E-state index contributed by atoms with van der Waals surface area (Å²) in [5, 5.41) is 14.2. The molecule has 2 saturated heterocycles. The Hall–Kier alpha value is -2.71. The number of hydrogen-bond donors (Lipinski definition) is 2. The normalized spacial score (nSPS) is 22.1. The molecule has 0 spiro atoms. The Kier molecular flexibility index (Phi) is 11.6. The lowest BCUT2D eigenvalue weighted by Gasteiger charge is -2.32. The molecule has 198 valence electrons. The third-order valence-corrected chi connectivity index (χ3v) is 4.81. The van der Waals surface area contributed by atoms with Crippen LogP contribution in [0.25, 0.3) is 0 Å². The van der Waals surface area contributed by atoms with Gasteiger partial charge >= 0.3 is 24.3 Å². The average molecular weight is 516 g/mol. The lowest BCUT2D eigenvalue weighted by Crippen LogP contribution is -2.41. The molecule has 0 radical (unpaired) electrons. The van der Waals surface area contributed by atoms with Crippen molar-refractivity contribution in [3.05, 3.63) is 42.2 Å². The van der Waals surface area contributed by atoms with Crippen LogP contribution < -0.4 is 0 Å². The number of carboxylic acids is 2. The molecule has 0 aliphatic carbocycles. The van der Waals surface area contributed by atoms with E-state index in [-0.39, 0.29) is 12.2 Å². The van der Waals surface area contributed by atoms with Gasteiger partial charge in [-0.25, -0.2) is 9.59 Å². The van der Waals surface area contributed by atoms with Gasteiger partial charge in [-0.15, -0.1) is 6.58 Å². The van der Waals surface area contributed by atoms with E-state index >= 15 is 0 Å². The molecular formula is C21H26F6N2O6. The van der Waals surface area contributed by atoms with Crippen molar-refractivity contribution in [3.63, 3.8) is 0 Å². The first-order valence-corrected chi connectivity index (χ1v) is 10.3. The number of pyridine rings is 1. The number of nitrogens with zero attached hydrogens (tertiary/aromatic N) is 2. The number of halogens is 6. The molecule has 1 aromatic rings. The average Bonchev–Trinajstić information content (AvgIpc) is 3.09. The Morgan fingerprint density at radius 2 is 1.77 bits per heavy atom. The molecule has 3 heterocycles. The Morgan fingerprint density at radius 1 is 1.20 bits per heavy atom. The van der Waals surface area contributed by atoms with Gasteiger partial charge in [-0.3, -0.25) is 9.88 Å². The number of aryl methyl sites for hydroxylation is 1. The SMILES string of the molecule is C=CCO[C@@H]1CN(Cc2cccc(C)n2)[C@@H]2CCCO[C@@H]21.O=C(O)C(F)(F)F.O=C(O)C(F)(F)F. The first-order chi connectivity index (χ1) is 16.2. The molecule has 3 atom stereocenters. The molecule has 2 fully saturated rings. The maximum atomic E-state index is 10.6. The fraction of sp³-hybridized carbons (Fsp3) is 0.571. The summed E-state index contributed by atoms with van der Waals surface area (Å²) in [7, 11) is 0. The van der Waals surface area contributed by atoms with Gasteiger partial charge in [-0.1, -0.05) is 12.1 Å². The van der Waals surface area contributed by atoms with Crippen LogP contribution in [0.1, 0.15) is 24.2 Å². The van der Waals surface area contributed by atoms with Crippen molar-refractivity contribution in [2.45, 2.75) is 56.9 Å². The molecule has 0 aromatic carbocycles. The van der Waals surface area contributed by atoms with E-state index in [4.69, 9.17) is 29.3 Å². The van der Waals surface area contributed by atoms with Gasteiger partial charge in [-0.2, -0.15) is 26.3 Å². The molecule has 14 heteroatoms. The number of carbonyl (C=O) groups is 2. The number of ether oxygens (including phenoxy) is 2. The molecule has 0 saturated carbocycles. The highest BCUT2D eigenvalue weighted by Crippen LogP contribution is 2.31. The lowest BCUT2D eigenvalue weighted by atomic mass is 10.0. The summed E-state index contributed by atoms with van der Waals surface area (Å²) in [6.07, 6.45) is -5.69. The number of fused-ring (bicyclic) bond motifs is 1. The van der Waals surface area contributed by atoms with Gasteiger partial charge < -0.3 is 19.7 Å². The minimum Gasteiger partial charge on any atom is -0.475 e. The van der Waals surface area contributed by atoms with E-state index in [2.05, 4.69) is 28.6 Å². The van der Waals surface area contributed by atoms with E-state index < -0.39 is 24.3 Å². The third kappa shape index (κ3) is 10.6. The summed E-state index contributed by atoms with van der Waals surface area (Å²) in [6, 6.07) is 6.67. The van der Waals surface area contributed by atoms with Crippen molar-refractivity contribution in [1.82, 2.24) is 9.88 Å². The fourth-order valence-corrected chi connectivity index (χ4v) is 3.42. The van der Waals surface area contributed by atoms with Gasteiger partial charge in [0.25, 0.3) is 0 Å². The van der Waals surface area contributed by atoms with Crippen LogP contribution in [-0.4, -0.2) is 82.4 Å².